The van der Waals surface area contributed by atoms with Crippen molar-refractivity contribution in [3.63, 3.8) is 0 Å². The average molecular weight is 408 g/mol. The summed E-state index contributed by atoms with van der Waals surface area (Å²) < 4.78 is 44.1. The Morgan fingerprint density at radius 3 is 2.11 bits per heavy atom. The van der Waals surface area contributed by atoms with Crippen LogP contribution in [0.1, 0.15) is 11.7 Å². The van der Waals surface area contributed by atoms with E-state index in [1.165, 1.54) is 26.0 Å². The van der Waals surface area contributed by atoms with Crippen LogP contribution in [0.5, 0.6) is 0 Å². The maximum absolute atomic E-state index is 13.0. The zero-order chi connectivity index (χ0) is 20.9. The van der Waals surface area contributed by atoms with E-state index in [0.29, 0.717) is 5.56 Å². The van der Waals surface area contributed by atoms with E-state index < -0.39 is 40.4 Å². The maximum Gasteiger partial charge on any atom is 0.322 e. The Kier molecular flexibility index (Phi) is 6.87. The Labute approximate surface area is 163 Å². The predicted molar refractivity (Wildman–Crippen MR) is 100 cm³/mol. The van der Waals surface area contributed by atoms with Gasteiger partial charge in [0, 0.05) is 26.7 Å². The molecule has 0 aliphatic heterocycles. The zero-order valence-electron chi connectivity index (χ0n) is 15.7. The number of likely N-dealkylation sites (N-methyl/N-ethyl adjacent to an activating group) is 2. The van der Waals surface area contributed by atoms with Crippen molar-refractivity contribution in [2.24, 2.45) is 0 Å². The molecule has 9 heteroatoms. The van der Waals surface area contributed by atoms with Gasteiger partial charge in [0.25, 0.3) is 5.91 Å². The second-order valence-electron chi connectivity index (χ2n) is 6.23. The largest absolute Gasteiger partial charge is 0.446 e. The monoisotopic (exact) mass is 408 g/mol. The lowest BCUT2D eigenvalue weighted by molar-refractivity contribution is -0.159. The van der Waals surface area contributed by atoms with Gasteiger partial charge in [-0.2, -0.15) is 4.31 Å². The minimum absolute atomic E-state index is 0.159. The number of carbonyl (C=O) groups is 2. The molecule has 0 bridgehead atoms. The Morgan fingerprint density at radius 2 is 1.57 bits per heavy atom. The van der Waals surface area contributed by atoms with E-state index in [1.54, 1.807) is 30.3 Å². The summed E-state index contributed by atoms with van der Waals surface area (Å²) in [6.07, 6.45) is -1.19. The highest BCUT2D eigenvalue weighted by atomic mass is 32.2. The second-order valence-corrected chi connectivity index (χ2v) is 8.27. The summed E-state index contributed by atoms with van der Waals surface area (Å²) in [6.45, 7) is -0.607. The summed E-state index contributed by atoms with van der Waals surface area (Å²) in [5.74, 6) is -1.92. The van der Waals surface area contributed by atoms with Crippen LogP contribution >= 0.6 is 0 Å². The van der Waals surface area contributed by atoms with Gasteiger partial charge in [-0.1, -0.05) is 30.3 Å². The molecule has 0 aliphatic rings. The molecule has 2 rings (SSSR count). The Morgan fingerprint density at radius 1 is 1.00 bits per heavy atom. The van der Waals surface area contributed by atoms with Crippen LogP contribution in [-0.4, -0.2) is 57.2 Å². The van der Waals surface area contributed by atoms with E-state index in [2.05, 4.69) is 0 Å². The third-order valence-corrected chi connectivity index (χ3v) is 5.71. The predicted octanol–water partition coefficient (Wildman–Crippen LogP) is 1.82. The lowest BCUT2D eigenvalue weighted by atomic mass is 10.1. The molecule has 1 amide bonds. The molecular formula is C19H21FN2O5S. The standard InChI is InChI=1S/C19H21FN2O5S/c1-21(2)19(24)18(14-7-5-4-6-8-14)27-17(23)13-22(3)28(25,26)16-11-9-15(20)10-12-16/h4-12,18H,13H2,1-3H3/t18-/m1/s1. The van der Waals surface area contributed by atoms with Gasteiger partial charge in [0.2, 0.25) is 16.1 Å². The number of carbonyl (C=O) groups excluding carboxylic acids is 2. The van der Waals surface area contributed by atoms with Gasteiger partial charge in [0.15, 0.2) is 0 Å². The third-order valence-electron chi connectivity index (χ3n) is 3.89. The van der Waals surface area contributed by atoms with Crippen molar-refractivity contribution in [3.05, 3.63) is 66.0 Å². The molecule has 0 saturated heterocycles. The van der Waals surface area contributed by atoms with Gasteiger partial charge in [0.1, 0.15) is 12.4 Å². The van der Waals surface area contributed by atoms with Crippen LogP contribution in [0.4, 0.5) is 4.39 Å². The molecule has 0 spiro atoms. The molecule has 7 nitrogen and oxygen atoms in total. The van der Waals surface area contributed by atoms with Gasteiger partial charge < -0.3 is 9.64 Å². The first kappa shape index (κ1) is 21.5. The molecule has 0 heterocycles. The van der Waals surface area contributed by atoms with Gasteiger partial charge in [-0.15, -0.1) is 0 Å². The molecule has 2 aromatic rings. The molecular weight excluding hydrogens is 387 g/mol. The number of esters is 1. The molecule has 0 fully saturated rings. The van der Waals surface area contributed by atoms with Gasteiger partial charge >= 0.3 is 5.97 Å². The topological polar surface area (TPSA) is 84.0 Å². The molecule has 0 aromatic heterocycles. The number of ether oxygens (including phenoxy) is 1. The summed E-state index contributed by atoms with van der Waals surface area (Å²) in [5.41, 5.74) is 0.471. The molecule has 1 atom stereocenters. The van der Waals surface area contributed by atoms with Crippen LogP contribution in [-0.2, 0) is 24.3 Å². The number of hydrogen-bond donors (Lipinski definition) is 0. The fourth-order valence-corrected chi connectivity index (χ4v) is 3.46. The molecule has 0 radical (unpaired) electrons. The fourth-order valence-electron chi connectivity index (χ4n) is 2.35. The lowest BCUT2D eigenvalue weighted by Crippen LogP contribution is -2.36. The van der Waals surface area contributed by atoms with E-state index >= 15 is 0 Å². The van der Waals surface area contributed by atoms with Crippen LogP contribution in [0, 0.1) is 5.82 Å². The van der Waals surface area contributed by atoms with Gasteiger partial charge in [-0.25, -0.2) is 12.8 Å². The van der Waals surface area contributed by atoms with Crippen molar-refractivity contribution in [2.45, 2.75) is 11.0 Å². The minimum Gasteiger partial charge on any atom is -0.446 e. The van der Waals surface area contributed by atoms with Crippen molar-refractivity contribution in [3.8, 4) is 0 Å². The molecule has 2 aromatic carbocycles. The van der Waals surface area contributed by atoms with Crippen molar-refractivity contribution in [2.75, 3.05) is 27.7 Å². The minimum atomic E-state index is -4.02. The molecule has 0 aliphatic carbocycles. The summed E-state index contributed by atoms with van der Waals surface area (Å²) in [5, 5.41) is 0. The highest BCUT2D eigenvalue weighted by Crippen LogP contribution is 2.20. The number of rotatable bonds is 7. The van der Waals surface area contributed by atoms with Crippen molar-refractivity contribution in [1.29, 1.82) is 0 Å². The third kappa shape index (κ3) is 5.14. The van der Waals surface area contributed by atoms with Crippen LogP contribution in [0.2, 0.25) is 0 Å². The molecule has 0 N–H and O–H groups in total. The Hall–Kier alpha value is -2.78. The first-order valence-corrected chi connectivity index (χ1v) is 9.74. The summed E-state index contributed by atoms with van der Waals surface area (Å²) in [7, 11) is 0.232. The summed E-state index contributed by atoms with van der Waals surface area (Å²) in [4.78, 5) is 25.9. The molecule has 0 saturated carbocycles. The molecule has 0 unspecified atom stereocenters. The quantitative estimate of drug-likeness (QED) is 0.653. The number of nitrogens with zero attached hydrogens (tertiary/aromatic N) is 2. The van der Waals surface area contributed by atoms with E-state index in [9.17, 15) is 22.4 Å². The fraction of sp³-hybridized carbons (Fsp3) is 0.263. The highest BCUT2D eigenvalue weighted by molar-refractivity contribution is 7.89. The Balaban J connectivity index is 2.15. The van der Waals surface area contributed by atoms with Crippen molar-refractivity contribution in [1.82, 2.24) is 9.21 Å². The van der Waals surface area contributed by atoms with Crippen molar-refractivity contribution < 1.29 is 27.1 Å². The normalized spacial score (nSPS) is 12.5. The van der Waals surface area contributed by atoms with Crippen LogP contribution in [0.25, 0.3) is 0 Å². The summed E-state index contributed by atoms with van der Waals surface area (Å²) >= 11 is 0. The zero-order valence-corrected chi connectivity index (χ0v) is 16.5. The van der Waals surface area contributed by atoms with Gasteiger partial charge in [-0.05, 0) is 24.3 Å². The van der Waals surface area contributed by atoms with E-state index in [1.807, 2.05) is 0 Å². The van der Waals surface area contributed by atoms with Crippen LogP contribution in [0.15, 0.2) is 59.5 Å². The van der Waals surface area contributed by atoms with E-state index in [-0.39, 0.29) is 4.90 Å². The number of amides is 1. The van der Waals surface area contributed by atoms with E-state index in [0.717, 1.165) is 28.6 Å². The maximum atomic E-state index is 13.0. The van der Waals surface area contributed by atoms with Crippen molar-refractivity contribution >= 4 is 21.9 Å². The van der Waals surface area contributed by atoms with Gasteiger partial charge in [-0.3, -0.25) is 9.59 Å². The van der Waals surface area contributed by atoms with E-state index in [4.69, 9.17) is 4.74 Å². The average Bonchev–Trinajstić information content (AvgIpc) is 2.66. The summed E-state index contributed by atoms with van der Waals surface area (Å²) in [6, 6.07) is 12.7. The number of benzene rings is 2. The number of halogens is 1. The number of hydrogen-bond acceptors (Lipinski definition) is 5. The first-order chi connectivity index (χ1) is 13.1. The SMILES string of the molecule is CN(C)C(=O)[C@H](OC(=O)CN(C)S(=O)(=O)c1ccc(F)cc1)c1ccccc1. The first-order valence-electron chi connectivity index (χ1n) is 8.30. The Bertz CT molecular complexity index is 931. The van der Waals surface area contributed by atoms with Crippen LogP contribution < -0.4 is 0 Å². The lowest BCUT2D eigenvalue weighted by Gasteiger charge is -2.23. The second kappa shape index (κ2) is 8.94. The number of sulfonamides is 1. The van der Waals surface area contributed by atoms with Crippen LogP contribution in [0.3, 0.4) is 0 Å². The molecule has 150 valence electrons. The highest BCUT2D eigenvalue weighted by Gasteiger charge is 2.29. The molecule has 28 heavy (non-hydrogen) atoms. The van der Waals surface area contributed by atoms with Gasteiger partial charge in [0.05, 0.1) is 4.90 Å². The smallest absolute Gasteiger partial charge is 0.322 e.